The number of amides is 1. The molecule has 0 saturated heterocycles. The third kappa shape index (κ3) is 2.80. The molecule has 124 valence electrons. The molecule has 4 rings (SSSR count). The Labute approximate surface area is 145 Å². The van der Waals surface area contributed by atoms with Gasteiger partial charge in [-0.05, 0) is 24.3 Å². The first kappa shape index (κ1) is 15.2. The summed E-state index contributed by atoms with van der Waals surface area (Å²) in [5.74, 6) is 0.765. The van der Waals surface area contributed by atoms with E-state index in [4.69, 9.17) is 4.74 Å². The molecule has 2 heterocycles. The number of rotatable bonds is 3. The van der Waals surface area contributed by atoms with Gasteiger partial charge >= 0.3 is 0 Å². The minimum Gasteiger partial charge on any atom is -0.457 e. The number of aryl methyl sites for hydroxylation is 1. The van der Waals surface area contributed by atoms with E-state index < -0.39 is 5.92 Å². The van der Waals surface area contributed by atoms with Crippen LogP contribution in [0.5, 0.6) is 11.5 Å². The molecule has 2 aromatic carbocycles. The van der Waals surface area contributed by atoms with Crippen molar-refractivity contribution in [2.75, 3.05) is 0 Å². The molecule has 0 saturated carbocycles. The number of carbonyl (C=O) groups is 1. The summed E-state index contributed by atoms with van der Waals surface area (Å²) in [6.45, 7) is 0. The van der Waals surface area contributed by atoms with Crippen molar-refractivity contribution in [3.05, 3.63) is 83.7 Å². The van der Waals surface area contributed by atoms with Crippen molar-refractivity contribution in [2.45, 2.75) is 5.92 Å². The van der Waals surface area contributed by atoms with E-state index >= 15 is 0 Å². The Morgan fingerprint density at radius 2 is 1.68 bits per heavy atom. The van der Waals surface area contributed by atoms with Gasteiger partial charge in [0.05, 0.1) is 17.8 Å². The van der Waals surface area contributed by atoms with Crippen molar-refractivity contribution in [3.8, 4) is 11.5 Å². The molecule has 0 aliphatic carbocycles. The number of hydrogen-bond acceptors (Lipinski definition) is 3. The fourth-order valence-electron chi connectivity index (χ4n) is 3.03. The first-order valence-electron chi connectivity index (χ1n) is 8.04. The summed E-state index contributed by atoms with van der Waals surface area (Å²) in [4.78, 5) is 12.8. The summed E-state index contributed by atoms with van der Waals surface area (Å²) in [6.07, 6.45) is 3.56. The van der Waals surface area contributed by atoms with E-state index in [0.29, 0.717) is 11.5 Å². The monoisotopic (exact) mass is 331 g/mol. The van der Waals surface area contributed by atoms with Crippen molar-refractivity contribution in [1.29, 1.82) is 0 Å². The quantitative estimate of drug-likeness (QED) is 0.591. The topological polar surface area (TPSA) is 55.6 Å². The smallest absolute Gasteiger partial charge is 0.252 e. The van der Waals surface area contributed by atoms with Crippen molar-refractivity contribution in [2.24, 2.45) is 12.1 Å². The van der Waals surface area contributed by atoms with Gasteiger partial charge in [0.25, 0.3) is 5.91 Å². The van der Waals surface area contributed by atoms with Crippen molar-refractivity contribution in [1.82, 2.24) is 9.99 Å². The van der Waals surface area contributed by atoms with Crippen LogP contribution in [0.1, 0.15) is 22.7 Å². The van der Waals surface area contributed by atoms with Crippen LogP contribution < -0.4 is 10.2 Å². The third-order valence-corrected chi connectivity index (χ3v) is 4.30. The lowest BCUT2D eigenvalue weighted by Crippen LogP contribution is -2.28. The standard InChI is InChI=1S/C20H17N3O2/c1-23-12-6-7-14(23)13-21-22-20(24)19-15-8-2-4-10-17(15)25-18-11-5-3-9-16(18)19/h2-13,19H,1H3,(H,22,24). The van der Waals surface area contributed by atoms with Crippen molar-refractivity contribution in [3.63, 3.8) is 0 Å². The molecule has 0 unspecified atom stereocenters. The number of aromatic nitrogens is 1. The third-order valence-electron chi connectivity index (χ3n) is 4.30. The van der Waals surface area contributed by atoms with Crippen LogP contribution >= 0.6 is 0 Å². The second-order valence-electron chi connectivity index (χ2n) is 5.89. The molecule has 0 spiro atoms. The zero-order chi connectivity index (χ0) is 17.2. The SMILES string of the molecule is Cn1cccc1C=NNC(=O)C1c2ccccc2Oc2ccccc21. The minimum absolute atomic E-state index is 0.186. The number of ether oxygens (including phenoxy) is 1. The van der Waals surface area contributed by atoms with Gasteiger partial charge in [-0.1, -0.05) is 36.4 Å². The molecule has 5 nitrogen and oxygen atoms in total. The Hall–Kier alpha value is -3.34. The van der Waals surface area contributed by atoms with Gasteiger partial charge in [0.15, 0.2) is 0 Å². The van der Waals surface area contributed by atoms with Gasteiger partial charge in [0.1, 0.15) is 11.5 Å². The molecular formula is C20H17N3O2. The van der Waals surface area contributed by atoms with E-state index in [0.717, 1.165) is 16.8 Å². The first-order chi connectivity index (χ1) is 12.2. The van der Waals surface area contributed by atoms with Crippen LogP contribution in [0.25, 0.3) is 0 Å². The molecule has 1 amide bonds. The lowest BCUT2D eigenvalue weighted by atomic mass is 9.87. The molecule has 1 aromatic heterocycles. The highest BCUT2D eigenvalue weighted by Gasteiger charge is 2.32. The minimum atomic E-state index is -0.452. The summed E-state index contributed by atoms with van der Waals surface area (Å²) in [5, 5.41) is 4.11. The van der Waals surface area contributed by atoms with Crippen LogP contribution in [-0.4, -0.2) is 16.7 Å². The van der Waals surface area contributed by atoms with Crippen LogP contribution in [0, 0.1) is 0 Å². The number of fused-ring (bicyclic) bond motifs is 2. The zero-order valence-electron chi connectivity index (χ0n) is 13.7. The van der Waals surface area contributed by atoms with Crippen LogP contribution in [-0.2, 0) is 11.8 Å². The maximum atomic E-state index is 12.8. The van der Waals surface area contributed by atoms with Crippen LogP contribution in [0.15, 0.2) is 72.0 Å². The van der Waals surface area contributed by atoms with Gasteiger partial charge in [0.2, 0.25) is 0 Å². The fourth-order valence-corrected chi connectivity index (χ4v) is 3.03. The Balaban J connectivity index is 1.64. The number of hydrazone groups is 1. The van der Waals surface area contributed by atoms with Gasteiger partial charge in [-0.25, -0.2) is 5.43 Å². The number of nitrogens with zero attached hydrogens (tertiary/aromatic N) is 2. The number of hydrogen-bond donors (Lipinski definition) is 1. The van der Waals surface area contributed by atoms with E-state index in [2.05, 4.69) is 10.5 Å². The molecule has 1 aliphatic rings. The van der Waals surface area contributed by atoms with E-state index in [1.165, 1.54) is 0 Å². The maximum Gasteiger partial charge on any atom is 0.252 e. The maximum absolute atomic E-state index is 12.8. The number of para-hydroxylation sites is 2. The Kier molecular flexibility index (Phi) is 3.82. The molecule has 0 bridgehead atoms. The molecule has 3 aromatic rings. The summed E-state index contributed by atoms with van der Waals surface area (Å²) in [7, 11) is 1.92. The van der Waals surface area contributed by atoms with Gasteiger partial charge < -0.3 is 9.30 Å². The Morgan fingerprint density at radius 3 is 2.28 bits per heavy atom. The zero-order valence-corrected chi connectivity index (χ0v) is 13.7. The molecule has 1 aliphatic heterocycles. The van der Waals surface area contributed by atoms with E-state index in [1.807, 2.05) is 78.5 Å². The van der Waals surface area contributed by atoms with Gasteiger partial charge in [-0.2, -0.15) is 5.10 Å². The predicted molar refractivity (Wildman–Crippen MR) is 96.0 cm³/mol. The fraction of sp³-hybridized carbons (Fsp3) is 0.100. The van der Waals surface area contributed by atoms with Crippen LogP contribution in [0.2, 0.25) is 0 Å². The highest BCUT2D eigenvalue weighted by Crippen LogP contribution is 2.43. The van der Waals surface area contributed by atoms with Crippen molar-refractivity contribution >= 4 is 12.1 Å². The second-order valence-corrected chi connectivity index (χ2v) is 5.89. The Bertz CT molecular complexity index is 913. The summed E-state index contributed by atoms with van der Waals surface area (Å²) in [6, 6.07) is 19.0. The molecule has 0 radical (unpaired) electrons. The second kappa shape index (κ2) is 6.28. The van der Waals surface area contributed by atoms with Gasteiger partial charge in [-0.15, -0.1) is 0 Å². The summed E-state index contributed by atoms with van der Waals surface area (Å²) in [5.41, 5.74) is 5.25. The highest BCUT2D eigenvalue weighted by atomic mass is 16.5. The highest BCUT2D eigenvalue weighted by molar-refractivity contribution is 5.90. The predicted octanol–water partition coefficient (Wildman–Crippen LogP) is 3.41. The van der Waals surface area contributed by atoms with E-state index in [-0.39, 0.29) is 5.91 Å². The van der Waals surface area contributed by atoms with Crippen LogP contribution in [0.4, 0.5) is 0 Å². The molecular weight excluding hydrogens is 314 g/mol. The normalized spacial score (nSPS) is 13.2. The molecule has 25 heavy (non-hydrogen) atoms. The largest absolute Gasteiger partial charge is 0.457 e. The van der Waals surface area contributed by atoms with E-state index in [9.17, 15) is 4.79 Å². The van der Waals surface area contributed by atoms with Crippen molar-refractivity contribution < 1.29 is 9.53 Å². The summed E-state index contributed by atoms with van der Waals surface area (Å²) < 4.78 is 7.84. The lowest BCUT2D eigenvalue weighted by molar-refractivity contribution is -0.121. The number of carbonyl (C=O) groups excluding carboxylic acids is 1. The van der Waals surface area contributed by atoms with Gasteiger partial charge in [0, 0.05) is 24.4 Å². The van der Waals surface area contributed by atoms with E-state index in [1.54, 1.807) is 6.21 Å². The lowest BCUT2D eigenvalue weighted by Gasteiger charge is -2.26. The van der Waals surface area contributed by atoms with Crippen LogP contribution in [0.3, 0.4) is 0 Å². The number of nitrogens with one attached hydrogen (secondary N) is 1. The average Bonchev–Trinajstić information content (AvgIpc) is 3.04. The summed E-state index contributed by atoms with van der Waals surface area (Å²) >= 11 is 0. The van der Waals surface area contributed by atoms with Gasteiger partial charge in [-0.3, -0.25) is 4.79 Å². The molecule has 0 fully saturated rings. The molecule has 1 N–H and O–H groups in total. The first-order valence-corrected chi connectivity index (χ1v) is 8.04. The molecule has 0 atom stereocenters. The molecule has 5 heteroatoms. The average molecular weight is 331 g/mol. The number of benzene rings is 2. The Morgan fingerprint density at radius 1 is 1.04 bits per heavy atom.